The molecule has 1 aliphatic heterocycles. The first kappa shape index (κ1) is 12.5. The summed E-state index contributed by atoms with van der Waals surface area (Å²) in [5, 5.41) is 6.52. The van der Waals surface area contributed by atoms with Crippen molar-refractivity contribution < 1.29 is 4.79 Å². The van der Waals surface area contributed by atoms with Gasteiger partial charge in [0.05, 0.1) is 0 Å². The zero-order valence-electron chi connectivity index (χ0n) is 10.0. The third kappa shape index (κ3) is 3.26. The lowest BCUT2D eigenvalue weighted by molar-refractivity contribution is 0.0910. The number of carbonyl (C=O) groups excluding carboxylic acids is 1. The molecule has 0 bridgehead atoms. The summed E-state index contributed by atoms with van der Waals surface area (Å²) in [7, 11) is 0. The van der Waals surface area contributed by atoms with Crippen LogP contribution in [0.1, 0.15) is 16.9 Å². The van der Waals surface area contributed by atoms with Gasteiger partial charge >= 0.3 is 0 Å². The van der Waals surface area contributed by atoms with E-state index in [1.807, 2.05) is 17.8 Å². The predicted octanol–water partition coefficient (Wildman–Crippen LogP) is 1.09. The number of nitrogens with one attached hydrogen (secondary N) is 3. The van der Waals surface area contributed by atoms with E-state index in [0.717, 1.165) is 25.3 Å². The van der Waals surface area contributed by atoms with E-state index in [2.05, 4.69) is 21.9 Å². The standard InChI is InChI=1S/C12H19N3OS/c1-17-8-9-7-13-6-4-10(9)15-12(16)11-3-2-5-14-11/h2-3,5,9-10,13-14H,4,6-8H2,1H3,(H,15,16). The van der Waals surface area contributed by atoms with Crippen molar-refractivity contribution in [2.45, 2.75) is 12.5 Å². The number of piperidine rings is 1. The van der Waals surface area contributed by atoms with Crippen molar-refractivity contribution in [3.8, 4) is 0 Å². The van der Waals surface area contributed by atoms with Gasteiger partial charge in [-0.2, -0.15) is 11.8 Å². The fraction of sp³-hybridized carbons (Fsp3) is 0.583. The van der Waals surface area contributed by atoms with Crippen molar-refractivity contribution in [1.29, 1.82) is 0 Å². The van der Waals surface area contributed by atoms with Crippen molar-refractivity contribution in [1.82, 2.24) is 15.6 Å². The van der Waals surface area contributed by atoms with Crippen LogP contribution in [0.4, 0.5) is 0 Å². The van der Waals surface area contributed by atoms with Crippen LogP contribution in [0.25, 0.3) is 0 Å². The Morgan fingerprint density at radius 3 is 3.24 bits per heavy atom. The van der Waals surface area contributed by atoms with Gasteiger partial charge in [0, 0.05) is 24.7 Å². The summed E-state index contributed by atoms with van der Waals surface area (Å²) in [5.41, 5.74) is 0.645. The average molecular weight is 253 g/mol. The molecule has 0 radical (unpaired) electrons. The molecule has 17 heavy (non-hydrogen) atoms. The second-order valence-corrected chi connectivity index (χ2v) is 5.28. The third-order valence-electron chi connectivity index (χ3n) is 3.15. The Bertz CT molecular complexity index is 351. The highest BCUT2D eigenvalue weighted by Gasteiger charge is 2.26. The minimum absolute atomic E-state index is 0.00741. The minimum Gasteiger partial charge on any atom is -0.357 e. The van der Waals surface area contributed by atoms with Crippen LogP contribution in [0.3, 0.4) is 0 Å². The molecular weight excluding hydrogens is 234 g/mol. The molecule has 4 nitrogen and oxygen atoms in total. The summed E-state index contributed by atoms with van der Waals surface area (Å²) in [6.45, 7) is 1.98. The SMILES string of the molecule is CSCC1CNCCC1NC(=O)c1ccc[nH]1. The number of aromatic nitrogens is 1. The molecule has 0 saturated carbocycles. The molecule has 2 heterocycles. The molecule has 0 aliphatic carbocycles. The third-order valence-corrected chi connectivity index (χ3v) is 3.91. The second kappa shape index (κ2) is 6.12. The Labute approximate surface area is 106 Å². The Hall–Kier alpha value is -0.940. The monoisotopic (exact) mass is 253 g/mol. The molecule has 94 valence electrons. The first-order valence-electron chi connectivity index (χ1n) is 5.95. The number of carbonyl (C=O) groups is 1. The topological polar surface area (TPSA) is 56.9 Å². The van der Waals surface area contributed by atoms with Gasteiger partial charge in [-0.05, 0) is 37.1 Å². The van der Waals surface area contributed by atoms with Gasteiger partial charge in [0.2, 0.25) is 0 Å². The van der Waals surface area contributed by atoms with Crippen LogP contribution < -0.4 is 10.6 Å². The molecule has 0 spiro atoms. The van der Waals surface area contributed by atoms with E-state index in [1.165, 1.54) is 0 Å². The van der Waals surface area contributed by atoms with Gasteiger partial charge in [0.1, 0.15) is 5.69 Å². The summed E-state index contributed by atoms with van der Waals surface area (Å²) in [5.74, 6) is 1.62. The largest absolute Gasteiger partial charge is 0.357 e. The van der Waals surface area contributed by atoms with Gasteiger partial charge in [-0.3, -0.25) is 4.79 Å². The highest BCUT2D eigenvalue weighted by atomic mass is 32.2. The number of H-pyrrole nitrogens is 1. The first-order chi connectivity index (χ1) is 8.31. The molecule has 1 aliphatic rings. The van der Waals surface area contributed by atoms with Gasteiger partial charge in [-0.15, -0.1) is 0 Å². The average Bonchev–Trinajstić information content (AvgIpc) is 2.85. The van der Waals surface area contributed by atoms with Crippen molar-refractivity contribution in [2.75, 3.05) is 25.1 Å². The number of rotatable bonds is 4. The Kier molecular flexibility index (Phi) is 4.50. The zero-order valence-corrected chi connectivity index (χ0v) is 10.8. The van der Waals surface area contributed by atoms with Gasteiger partial charge in [-0.1, -0.05) is 0 Å². The van der Waals surface area contributed by atoms with Crippen LogP contribution in [-0.2, 0) is 0 Å². The van der Waals surface area contributed by atoms with E-state index in [-0.39, 0.29) is 5.91 Å². The summed E-state index contributed by atoms with van der Waals surface area (Å²) in [6.07, 6.45) is 4.90. The molecule has 1 aromatic heterocycles. The van der Waals surface area contributed by atoms with E-state index in [0.29, 0.717) is 17.7 Å². The van der Waals surface area contributed by atoms with Gasteiger partial charge in [-0.25, -0.2) is 0 Å². The van der Waals surface area contributed by atoms with Crippen molar-refractivity contribution >= 4 is 17.7 Å². The van der Waals surface area contributed by atoms with Crippen molar-refractivity contribution in [2.24, 2.45) is 5.92 Å². The van der Waals surface area contributed by atoms with Crippen LogP contribution in [0.5, 0.6) is 0 Å². The number of hydrogen-bond acceptors (Lipinski definition) is 3. The normalized spacial score (nSPS) is 24.5. The van der Waals surface area contributed by atoms with E-state index in [9.17, 15) is 4.79 Å². The smallest absolute Gasteiger partial charge is 0.267 e. The second-order valence-electron chi connectivity index (χ2n) is 4.37. The first-order valence-corrected chi connectivity index (χ1v) is 7.34. The van der Waals surface area contributed by atoms with E-state index < -0.39 is 0 Å². The molecule has 1 saturated heterocycles. The van der Waals surface area contributed by atoms with Crippen LogP contribution in [-0.4, -0.2) is 42.0 Å². The molecule has 2 unspecified atom stereocenters. The maximum absolute atomic E-state index is 12.0. The molecule has 2 atom stereocenters. The van der Waals surface area contributed by atoms with Gasteiger partial charge in [0.15, 0.2) is 0 Å². The van der Waals surface area contributed by atoms with Crippen molar-refractivity contribution in [3.63, 3.8) is 0 Å². The summed E-state index contributed by atoms with van der Waals surface area (Å²) in [4.78, 5) is 14.9. The van der Waals surface area contributed by atoms with Gasteiger partial charge < -0.3 is 15.6 Å². The number of aromatic amines is 1. The highest BCUT2D eigenvalue weighted by Crippen LogP contribution is 2.16. The molecule has 5 heteroatoms. The minimum atomic E-state index is 0.00741. The molecule has 1 amide bonds. The Morgan fingerprint density at radius 2 is 2.53 bits per heavy atom. The Balaban J connectivity index is 1.93. The van der Waals surface area contributed by atoms with E-state index in [4.69, 9.17) is 0 Å². The molecule has 0 aromatic carbocycles. The lowest BCUT2D eigenvalue weighted by Crippen LogP contribution is -2.50. The van der Waals surface area contributed by atoms with Crippen LogP contribution in [0.2, 0.25) is 0 Å². The number of amides is 1. The zero-order chi connectivity index (χ0) is 12.1. The predicted molar refractivity (Wildman–Crippen MR) is 71.4 cm³/mol. The van der Waals surface area contributed by atoms with Crippen LogP contribution in [0, 0.1) is 5.92 Å². The fourth-order valence-electron chi connectivity index (χ4n) is 2.22. The van der Waals surface area contributed by atoms with Crippen LogP contribution in [0.15, 0.2) is 18.3 Å². The van der Waals surface area contributed by atoms with Crippen LogP contribution >= 0.6 is 11.8 Å². The van der Waals surface area contributed by atoms with E-state index >= 15 is 0 Å². The summed E-state index contributed by atoms with van der Waals surface area (Å²) in [6, 6.07) is 3.94. The molecule has 1 fully saturated rings. The maximum atomic E-state index is 12.0. The number of hydrogen-bond donors (Lipinski definition) is 3. The fourth-order valence-corrected chi connectivity index (χ4v) is 3.00. The lowest BCUT2D eigenvalue weighted by Gasteiger charge is -2.32. The highest BCUT2D eigenvalue weighted by molar-refractivity contribution is 7.98. The molecular formula is C12H19N3OS. The van der Waals surface area contributed by atoms with E-state index in [1.54, 1.807) is 12.3 Å². The number of thioether (sulfide) groups is 1. The van der Waals surface area contributed by atoms with Gasteiger partial charge in [0.25, 0.3) is 5.91 Å². The lowest BCUT2D eigenvalue weighted by atomic mass is 9.95. The maximum Gasteiger partial charge on any atom is 0.267 e. The Morgan fingerprint density at radius 1 is 1.65 bits per heavy atom. The van der Waals surface area contributed by atoms with Crippen molar-refractivity contribution in [3.05, 3.63) is 24.0 Å². The quantitative estimate of drug-likeness (QED) is 0.753. The molecule has 1 aromatic rings. The molecule has 2 rings (SSSR count). The summed E-state index contributed by atoms with van der Waals surface area (Å²) < 4.78 is 0. The molecule has 3 N–H and O–H groups in total. The summed E-state index contributed by atoms with van der Waals surface area (Å²) >= 11 is 1.84.